The monoisotopic (exact) mass is 415 g/mol. The lowest BCUT2D eigenvalue weighted by Crippen LogP contribution is -2.36. The number of methoxy groups -OCH3 is 1. The molecule has 3 rings (SSSR count). The third-order valence-electron chi connectivity index (χ3n) is 4.36. The number of rotatable bonds is 8. The summed E-state index contributed by atoms with van der Waals surface area (Å²) in [5.41, 5.74) is 0.417. The fourth-order valence-electron chi connectivity index (χ4n) is 2.94. The fourth-order valence-corrected chi connectivity index (χ4v) is 3.07. The molecule has 8 heteroatoms. The van der Waals surface area contributed by atoms with Gasteiger partial charge in [0.25, 0.3) is 11.5 Å². The molecule has 0 fully saturated rings. The maximum absolute atomic E-state index is 12.9. The predicted molar refractivity (Wildman–Crippen MR) is 111 cm³/mol. The number of carbonyl (C=O) groups is 1. The highest BCUT2D eigenvalue weighted by molar-refractivity contribution is 6.30. The van der Waals surface area contributed by atoms with Gasteiger partial charge in [-0.3, -0.25) is 14.2 Å². The van der Waals surface area contributed by atoms with Crippen molar-refractivity contribution in [1.82, 2.24) is 14.9 Å². The second-order valence-electron chi connectivity index (χ2n) is 6.47. The molecule has 0 radical (unpaired) electrons. The minimum atomic E-state index is -0.495. The summed E-state index contributed by atoms with van der Waals surface area (Å²) in [7, 11) is 1.57. The van der Waals surface area contributed by atoms with Crippen molar-refractivity contribution in [3.05, 3.63) is 69.7 Å². The SMILES string of the molecule is COCCn1c([C@H](C)NC(=O)COc2ccc(Cl)cc2)nc2ccccc2c1=O. The number of halogens is 1. The molecule has 1 heterocycles. The van der Waals surface area contributed by atoms with Crippen LogP contribution in [0.5, 0.6) is 5.75 Å². The number of ether oxygens (including phenoxy) is 2. The first-order valence-corrected chi connectivity index (χ1v) is 9.53. The van der Waals surface area contributed by atoms with Crippen LogP contribution in [0.2, 0.25) is 5.02 Å². The average molecular weight is 416 g/mol. The van der Waals surface area contributed by atoms with Crippen LogP contribution in [0.1, 0.15) is 18.8 Å². The number of fused-ring (bicyclic) bond motifs is 1. The highest BCUT2D eigenvalue weighted by Gasteiger charge is 2.18. The third-order valence-corrected chi connectivity index (χ3v) is 4.61. The van der Waals surface area contributed by atoms with Gasteiger partial charge in [-0.25, -0.2) is 4.98 Å². The van der Waals surface area contributed by atoms with E-state index in [4.69, 9.17) is 21.1 Å². The summed E-state index contributed by atoms with van der Waals surface area (Å²) >= 11 is 5.84. The summed E-state index contributed by atoms with van der Waals surface area (Å²) in [4.78, 5) is 29.8. The maximum Gasteiger partial charge on any atom is 0.261 e. The molecule has 152 valence electrons. The highest BCUT2D eigenvalue weighted by atomic mass is 35.5. The Morgan fingerprint density at radius 2 is 1.93 bits per heavy atom. The minimum absolute atomic E-state index is 0.165. The molecule has 0 aliphatic heterocycles. The quantitative estimate of drug-likeness (QED) is 0.611. The molecule has 1 amide bonds. The molecule has 3 aromatic rings. The smallest absolute Gasteiger partial charge is 0.261 e. The van der Waals surface area contributed by atoms with Gasteiger partial charge in [0, 0.05) is 12.1 Å². The maximum atomic E-state index is 12.9. The molecule has 2 aromatic carbocycles. The Morgan fingerprint density at radius 1 is 1.21 bits per heavy atom. The molecule has 0 saturated carbocycles. The molecule has 0 aliphatic carbocycles. The van der Waals surface area contributed by atoms with E-state index in [0.717, 1.165) is 0 Å². The zero-order valence-electron chi connectivity index (χ0n) is 16.2. The van der Waals surface area contributed by atoms with Gasteiger partial charge in [0.2, 0.25) is 0 Å². The van der Waals surface area contributed by atoms with Crippen LogP contribution in [0, 0.1) is 0 Å². The standard InChI is InChI=1S/C21H22ClN3O4/c1-14(23-19(26)13-29-16-9-7-15(22)8-10-16)20-24-18-6-4-3-5-17(18)21(27)25(20)11-12-28-2/h3-10,14H,11-13H2,1-2H3,(H,23,26)/t14-/m0/s1. The van der Waals surface area contributed by atoms with Crippen molar-refractivity contribution in [3.8, 4) is 5.75 Å². The summed E-state index contributed by atoms with van der Waals surface area (Å²) in [5.74, 6) is 0.678. The van der Waals surface area contributed by atoms with Crippen LogP contribution in [0.15, 0.2) is 53.3 Å². The van der Waals surface area contributed by atoms with E-state index in [1.807, 2.05) is 6.07 Å². The van der Waals surface area contributed by atoms with Crippen molar-refractivity contribution in [3.63, 3.8) is 0 Å². The molecular formula is C21H22ClN3O4. The van der Waals surface area contributed by atoms with Gasteiger partial charge in [0.05, 0.1) is 30.1 Å². The van der Waals surface area contributed by atoms with Gasteiger partial charge in [-0.15, -0.1) is 0 Å². The minimum Gasteiger partial charge on any atom is -0.484 e. The zero-order valence-corrected chi connectivity index (χ0v) is 17.0. The average Bonchev–Trinajstić information content (AvgIpc) is 2.72. The summed E-state index contributed by atoms with van der Waals surface area (Å²) in [5, 5.41) is 3.95. The van der Waals surface area contributed by atoms with Gasteiger partial charge in [-0.1, -0.05) is 23.7 Å². The molecular weight excluding hydrogens is 394 g/mol. The van der Waals surface area contributed by atoms with E-state index < -0.39 is 6.04 Å². The first kappa shape index (κ1) is 20.8. The van der Waals surface area contributed by atoms with Gasteiger partial charge in [0.1, 0.15) is 11.6 Å². The molecule has 0 spiro atoms. The lowest BCUT2D eigenvalue weighted by molar-refractivity contribution is -0.123. The van der Waals surface area contributed by atoms with Gasteiger partial charge < -0.3 is 14.8 Å². The number of aromatic nitrogens is 2. The van der Waals surface area contributed by atoms with E-state index in [0.29, 0.717) is 40.7 Å². The van der Waals surface area contributed by atoms with Crippen molar-refractivity contribution in [1.29, 1.82) is 0 Å². The summed E-state index contributed by atoms with van der Waals surface area (Å²) in [6.45, 7) is 2.30. The van der Waals surface area contributed by atoms with Gasteiger partial charge in [-0.2, -0.15) is 0 Å². The van der Waals surface area contributed by atoms with Crippen LogP contribution in [0.3, 0.4) is 0 Å². The molecule has 1 N–H and O–H groups in total. The van der Waals surface area contributed by atoms with Crippen molar-refractivity contribution >= 4 is 28.4 Å². The number of nitrogens with one attached hydrogen (secondary N) is 1. The molecule has 0 saturated heterocycles. The zero-order chi connectivity index (χ0) is 20.8. The van der Waals surface area contributed by atoms with Crippen LogP contribution >= 0.6 is 11.6 Å². The van der Waals surface area contributed by atoms with Crippen molar-refractivity contribution < 1.29 is 14.3 Å². The van der Waals surface area contributed by atoms with Crippen molar-refractivity contribution in [2.45, 2.75) is 19.5 Å². The highest BCUT2D eigenvalue weighted by Crippen LogP contribution is 2.16. The Bertz CT molecular complexity index is 1050. The van der Waals surface area contributed by atoms with Crippen LogP contribution in [0.25, 0.3) is 10.9 Å². The number of benzene rings is 2. The number of nitrogens with zero attached hydrogens (tertiary/aromatic N) is 2. The largest absolute Gasteiger partial charge is 0.484 e. The predicted octanol–water partition coefficient (Wildman–Crippen LogP) is 2.95. The molecule has 1 aromatic heterocycles. The third kappa shape index (κ3) is 5.13. The van der Waals surface area contributed by atoms with Crippen LogP contribution in [0.4, 0.5) is 0 Å². The second-order valence-corrected chi connectivity index (χ2v) is 6.90. The Hall–Kier alpha value is -2.90. The lowest BCUT2D eigenvalue weighted by Gasteiger charge is -2.19. The number of carbonyl (C=O) groups excluding carboxylic acids is 1. The Kier molecular flexibility index (Phi) is 6.85. The van der Waals surface area contributed by atoms with E-state index in [-0.39, 0.29) is 18.1 Å². The van der Waals surface area contributed by atoms with Crippen molar-refractivity contribution in [2.24, 2.45) is 0 Å². The number of hydrogen-bond donors (Lipinski definition) is 1. The Labute approximate surface area is 173 Å². The summed E-state index contributed by atoms with van der Waals surface area (Å²) in [6, 6.07) is 13.4. The lowest BCUT2D eigenvalue weighted by atomic mass is 10.2. The molecule has 1 atom stereocenters. The van der Waals surface area contributed by atoms with Gasteiger partial charge in [-0.05, 0) is 43.3 Å². The fraction of sp³-hybridized carbons (Fsp3) is 0.286. The van der Waals surface area contributed by atoms with Crippen molar-refractivity contribution in [2.75, 3.05) is 20.3 Å². The van der Waals surface area contributed by atoms with Crippen LogP contribution < -0.4 is 15.6 Å². The van der Waals surface area contributed by atoms with E-state index in [9.17, 15) is 9.59 Å². The van der Waals surface area contributed by atoms with E-state index in [1.165, 1.54) is 4.57 Å². The topological polar surface area (TPSA) is 82.4 Å². The Morgan fingerprint density at radius 3 is 2.66 bits per heavy atom. The molecule has 29 heavy (non-hydrogen) atoms. The first-order chi connectivity index (χ1) is 14.0. The number of hydrogen-bond acceptors (Lipinski definition) is 5. The number of para-hydroxylation sites is 1. The molecule has 0 aliphatic rings. The summed E-state index contributed by atoms with van der Waals surface area (Å²) in [6.07, 6.45) is 0. The van der Waals surface area contributed by atoms with E-state index in [1.54, 1.807) is 56.5 Å². The molecule has 0 bridgehead atoms. The molecule has 0 unspecified atom stereocenters. The van der Waals surface area contributed by atoms with E-state index >= 15 is 0 Å². The van der Waals surface area contributed by atoms with Crippen LogP contribution in [-0.4, -0.2) is 35.8 Å². The van der Waals surface area contributed by atoms with Gasteiger partial charge >= 0.3 is 0 Å². The molecule has 7 nitrogen and oxygen atoms in total. The van der Waals surface area contributed by atoms with Gasteiger partial charge in [0.15, 0.2) is 6.61 Å². The normalized spacial score (nSPS) is 12.0. The first-order valence-electron chi connectivity index (χ1n) is 9.15. The van der Waals surface area contributed by atoms with E-state index in [2.05, 4.69) is 10.3 Å². The van der Waals surface area contributed by atoms with Crippen LogP contribution in [-0.2, 0) is 16.1 Å². The second kappa shape index (κ2) is 9.54. The summed E-state index contributed by atoms with van der Waals surface area (Å²) < 4.78 is 12.1. The Balaban J connectivity index is 1.78. The number of amides is 1.